The Labute approximate surface area is 103 Å². The molecule has 0 spiro atoms. The number of hydrogen-bond acceptors (Lipinski definition) is 4. The van der Waals surface area contributed by atoms with Crippen LogP contribution in [0.2, 0.25) is 6.04 Å². The summed E-state index contributed by atoms with van der Waals surface area (Å²) in [5.74, 6) is 0.670. The normalized spacial score (nSPS) is 13.1. The molecule has 0 N–H and O–H groups in total. The third kappa shape index (κ3) is 6.77. The van der Waals surface area contributed by atoms with Crippen LogP contribution in [-0.2, 0) is 17.4 Å². The van der Waals surface area contributed by atoms with Crippen LogP contribution in [0.4, 0.5) is 0 Å². The first-order valence-electron chi connectivity index (χ1n) is 6.16. The van der Waals surface area contributed by atoms with Crippen molar-refractivity contribution in [2.24, 2.45) is 5.92 Å². The minimum Gasteiger partial charge on any atom is -0.400 e. The molecule has 0 heterocycles. The summed E-state index contributed by atoms with van der Waals surface area (Å²) in [6.45, 7) is 11.9. The lowest BCUT2D eigenvalue weighted by atomic mass is 10.3. The highest BCUT2D eigenvalue weighted by atomic mass is 28.4. The van der Waals surface area contributed by atoms with Crippen molar-refractivity contribution in [3.8, 4) is 0 Å². The van der Waals surface area contributed by atoms with Crippen molar-refractivity contribution in [3.05, 3.63) is 0 Å². The largest absolute Gasteiger partial charge is 0.668 e. The van der Waals surface area contributed by atoms with E-state index >= 15 is 0 Å². The van der Waals surface area contributed by atoms with E-state index in [4.69, 9.17) is 17.4 Å². The zero-order valence-electron chi connectivity index (χ0n) is 11.2. The summed E-state index contributed by atoms with van der Waals surface area (Å²) < 4.78 is 22.7. The molecule has 0 saturated carbocycles. The minimum absolute atomic E-state index is 0.572. The lowest BCUT2D eigenvalue weighted by molar-refractivity contribution is 0.0104. The molecule has 0 rings (SSSR count). The average molecular weight is 266 g/mol. The van der Waals surface area contributed by atoms with Gasteiger partial charge >= 0.3 is 9.05 Å². The van der Waals surface area contributed by atoms with Crippen LogP contribution in [0.5, 0.6) is 0 Å². The summed E-state index contributed by atoms with van der Waals surface area (Å²) in [6.07, 6.45) is 0. The van der Waals surface area contributed by atoms with Crippen LogP contribution in [-0.4, -0.2) is 38.6 Å². The standard InChI is InChI=1S/C10H26O4Si2/c1-6-11-16(12-7-2,13-8-3)14-15-9-10(4)5/h10H,6-9,15H2,1-5H3. The van der Waals surface area contributed by atoms with Crippen LogP contribution in [0.1, 0.15) is 34.6 Å². The van der Waals surface area contributed by atoms with E-state index in [1.165, 1.54) is 0 Å². The zero-order valence-corrected chi connectivity index (χ0v) is 13.7. The molecule has 0 atom stereocenters. The van der Waals surface area contributed by atoms with Crippen molar-refractivity contribution < 1.29 is 17.4 Å². The monoisotopic (exact) mass is 266 g/mol. The predicted molar refractivity (Wildman–Crippen MR) is 69.9 cm³/mol. The summed E-state index contributed by atoms with van der Waals surface area (Å²) in [5, 5.41) is 0. The quantitative estimate of drug-likeness (QED) is 0.564. The SMILES string of the molecule is CCO[Si](OCC)(OCC)O[SiH2]CC(C)C. The molecule has 4 nitrogen and oxygen atoms in total. The summed E-state index contributed by atoms with van der Waals surface area (Å²) in [6, 6.07) is 1.13. The van der Waals surface area contributed by atoms with Gasteiger partial charge in [0.2, 0.25) is 0 Å². The Balaban J connectivity index is 4.23. The second-order valence-corrected chi connectivity index (χ2v) is 7.84. The topological polar surface area (TPSA) is 36.9 Å². The lowest BCUT2D eigenvalue weighted by Gasteiger charge is -2.27. The smallest absolute Gasteiger partial charge is 0.400 e. The van der Waals surface area contributed by atoms with Gasteiger partial charge in [-0.3, -0.25) is 0 Å². The molecule has 98 valence electrons. The first-order chi connectivity index (χ1) is 7.60. The van der Waals surface area contributed by atoms with Gasteiger partial charge in [-0.1, -0.05) is 13.8 Å². The molecular formula is C10H26O4Si2. The second-order valence-electron chi connectivity index (χ2n) is 3.83. The fraction of sp³-hybridized carbons (Fsp3) is 1.00. The van der Waals surface area contributed by atoms with Crippen molar-refractivity contribution in [2.75, 3.05) is 19.8 Å². The molecule has 0 aliphatic rings. The van der Waals surface area contributed by atoms with Gasteiger partial charge in [0, 0.05) is 19.8 Å². The summed E-state index contributed by atoms with van der Waals surface area (Å²) in [4.78, 5) is 0. The molecule has 0 unspecified atom stereocenters. The summed E-state index contributed by atoms with van der Waals surface area (Å²) in [7, 11) is -3.42. The van der Waals surface area contributed by atoms with Gasteiger partial charge in [0.05, 0.1) is 0 Å². The Morgan fingerprint density at radius 2 is 1.38 bits per heavy atom. The van der Waals surface area contributed by atoms with Gasteiger partial charge in [-0.15, -0.1) is 0 Å². The van der Waals surface area contributed by atoms with Gasteiger partial charge in [-0.2, -0.15) is 0 Å². The van der Waals surface area contributed by atoms with E-state index in [-0.39, 0.29) is 0 Å². The fourth-order valence-electron chi connectivity index (χ4n) is 1.20. The van der Waals surface area contributed by atoms with Crippen LogP contribution in [0, 0.1) is 5.92 Å². The van der Waals surface area contributed by atoms with E-state index < -0.39 is 18.8 Å². The molecule has 0 bridgehead atoms. The Hall–Kier alpha value is 0.274. The van der Waals surface area contributed by atoms with Crippen molar-refractivity contribution in [2.45, 2.75) is 40.7 Å². The molecule has 0 saturated heterocycles. The molecule has 0 aromatic heterocycles. The minimum atomic E-state index is -2.80. The van der Waals surface area contributed by atoms with Crippen LogP contribution in [0.15, 0.2) is 0 Å². The number of hydrogen-bond donors (Lipinski definition) is 0. The van der Waals surface area contributed by atoms with Crippen LogP contribution < -0.4 is 0 Å². The Kier molecular flexibility index (Phi) is 9.48. The van der Waals surface area contributed by atoms with Crippen molar-refractivity contribution >= 4 is 18.8 Å². The first-order valence-corrected chi connectivity index (χ1v) is 9.37. The molecule has 0 amide bonds. The van der Waals surface area contributed by atoms with E-state index in [9.17, 15) is 0 Å². The van der Waals surface area contributed by atoms with E-state index in [0.29, 0.717) is 25.7 Å². The van der Waals surface area contributed by atoms with Crippen molar-refractivity contribution in [1.29, 1.82) is 0 Å². The average Bonchev–Trinajstić information content (AvgIpc) is 2.18. The van der Waals surface area contributed by atoms with E-state index in [0.717, 1.165) is 6.04 Å². The molecule has 16 heavy (non-hydrogen) atoms. The molecule has 0 radical (unpaired) electrons. The zero-order chi connectivity index (χ0) is 12.4. The van der Waals surface area contributed by atoms with Gasteiger partial charge < -0.3 is 17.4 Å². The maximum atomic E-state index is 5.87. The molecule has 0 aliphatic heterocycles. The first kappa shape index (κ1) is 16.3. The predicted octanol–water partition coefficient (Wildman–Crippen LogP) is 1.71. The van der Waals surface area contributed by atoms with Crippen LogP contribution in [0.3, 0.4) is 0 Å². The second kappa shape index (κ2) is 9.32. The van der Waals surface area contributed by atoms with Crippen molar-refractivity contribution in [1.82, 2.24) is 0 Å². The van der Waals surface area contributed by atoms with Crippen LogP contribution in [0.25, 0.3) is 0 Å². The Bertz CT molecular complexity index is 150. The van der Waals surface area contributed by atoms with E-state index in [2.05, 4.69) is 13.8 Å². The fourth-order valence-corrected chi connectivity index (χ4v) is 5.45. The molecule has 0 aromatic rings. The Morgan fingerprint density at radius 3 is 1.69 bits per heavy atom. The Morgan fingerprint density at radius 1 is 0.938 bits per heavy atom. The molecule has 0 aliphatic carbocycles. The van der Waals surface area contributed by atoms with Gasteiger partial charge in [0.1, 0.15) is 0 Å². The van der Waals surface area contributed by atoms with Gasteiger partial charge in [0.15, 0.2) is 9.76 Å². The van der Waals surface area contributed by atoms with Gasteiger partial charge in [-0.25, -0.2) is 0 Å². The third-order valence-electron chi connectivity index (χ3n) is 1.94. The summed E-state index contributed by atoms with van der Waals surface area (Å²) in [5.41, 5.74) is 0. The molecule has 0 fully saturated rings. The maximum absolute atomic E-state index is 5.87. The lowest BCUT2D eigenvalue weighted by Crippen LogP contribution is -2.50. The van der Waals surface area contributed by atoms with E-state index in [1.807, 2.05) is 20.8 Å². The van der Waals surface area contributed by atoms with E-state index in [1.54, 1.807) is 0 Å². The molecule has 0 aromatic carbocycles. The van der Waals surface area contributed by atoms with Gasteiger partial charge in [-0.05, 0) is 32.7 Å². The molecule has 6 heteroatoms. The van der Waals surface area contributed by atoms with Crippen molar-refractivity contribution in [3.63, 3.8) is 0 Å². The highest BCUT2D eigenvalue weighted by molar-refractivity contribution is 6.60. The number of rotatable bonds is 10. The maximum Gasteiger partial charge on any atom is 0.668 e. The third-order valence-corrected chi connectivity index (χ3v) is 7.49. The summed E-state index contributed by atoms with van der Waals surface area (Å²) >= 11 is 0. The highest BCUT2D eigenvalue weighted by Gasteiger charge is 2.43. The van der Waals surface area contributed by atoms with Crippen LogP contribution >= 0.6 is 0 Å². The van der Waals surface area contributed by atoms with Gasteiger partial charge in [0.25, 0.3) is 0 Å². The molecular weight excluding hydrogens is 240 g/mol. The highest BCUT2D eigenvalue weighted by Crippen LogP contribution is 2.13.